The van der Waals surface area contributed by atoms with E-state index in [9.17, 15) is 9.50 Å². The number of halogens is 1. The molecule has 1 aliphatic carbocycles. The van der Waals surface area contributed by atoms with Gasteiger partial charge in [0.15, 0.2) is 0 Å². The van der Waals surface area contributed by atoms with E-state index in [0.717, 1.165) is 18.5 Å². The zero-order valence-electron chi connectivity index (χ0n) is 11.4. The van der Waals surface area contributed by atoms with E-state index in [4.69, 9.17) is 0 Å². The zero-order valence-corrected chi connectivity index (χ0v) is 14.0. The van der Waals surface area contributed by atoms with Crippen LogP contribution in [0.3, 0.4) is 0 Å². The molecule has 1 unspecified atom stereocenters. The van der Waals surface area contributed by atoms with Crippen LogP contribution < -0.4 is 14.1 Å². The summed E-state index contributed by atoms with van der Waals surface area (Å²) in [6.07, 6.45) is 3.25. The molecular formula is C14H21FN2OSb+. The van der Waals surface area contributed by atoms with Crippen LogP contribution in [-0.4, -0.2) is 40.2 Å². The molecular weight excluding hydrogens is 353 g/mol. The zero-order chi connectivity index (χ0) is 13.7. The van der Waals surface area contributed by atoms with Crippen LogP contribution in [0, 0.1) is 5.82 Å². The van der Waals surface area contributed by atoms with Gasteiger partial charge in [-0.1, -0.05) is 0 Å². The van der Waals surface area contributed by atoms with Crippen LogP contribution in [0.1, 0.15) is 19.3 Å². The van der Waals surface area contributed by atoms with Gasteiger partial charge in [0.25, 0.3) is 0 Å². The molecule has 0 spiro atoms. The molecule has 1 aromatic carbocycles. The van der Waals surface area contributed by atoms with E-state index < -0.39 is 18.8 Å². The van der Waals surface area contributed by atoms with Crippen molar-refractivity contribution in [2.45, 2.75) is 38.7 Å². The second-order valence-corrected chi connectivity index (χ2v) is 17.8. The molecule has 3 nitrogen and oxygen atoms in total. The maximum atomic E-state index is 13.5. The molecule has 0 amide bonds. The minimum atomic E-state index is -2.51. The Bertz CT molecular complexity index is 497. The summed E-state index contributed by atoms with van der Waals surface area (Å²) in [6, 6.07) is 5.05. The molecule has 1 aromatic rings. The molecule has 2 aliphatic rings. The van der Waals surface area contributed by atoms with E-state index in [2.05, 4.69) is 20.4 Å². The molecule has 1 saturated carbocycles. The van der Waals surface area contributed by atoms with Gasteiger partial charge in [0.05, 0.1) is 0 Å². The molecule has 0 radical (unpaired) electrons. The molecule has 1 fully saturated rings. The summed E-state index contributed by atoms with van der Waals surface area (Å²) in [4.78, 5) is 4.61. The van der Waals surface area contributed by atoms with Gasteiger partial charge in [-0.15, -0.1) is 0 Å². The summed E-state index contributed by atoms with van der Waals surface area (Å²) in [7, 11) is 0. The van der Waals surface area contributed by atoms with Crippen molar-refractivity contribution in [3.05, 3.63) is 24.0 Å². The number of fused-ring (bicyclic) bond motifs is 1. The molecule has 104 valence electrons. The number of aliphatic hydroxyl groups is 1. The fourth-order valence-electron chi connectivity index (χ4n) is 2.99. The summed E-state index contributed by atoms with van der Waals surface area (Å²) < 4.78 is 14.9. The van der Waals surface area contributed by atoms with E-state index >= 15 is 0 Å². The van der Waals surface area contributed by atoms with E-state index in [1.807, 2.05) is 6.07 Å². The molecule has 0 bridgehead atoms. The number of anilines is 1. The monoisotopic (exact) mass is 373 g/mol. The number of benzene rings is 1. The summed E-state index contributed by atoms with van der Waals surface area (Å²) in [5.41, 5.74) is 0.964. The SMILES string of the molecule is [CH3][Sb+]1([CH3])[c]2cc(F)ccc2N[CH]1NC1(CO)CCC1. The van der Waals surface area contributed by atoms with Crippen LogP contribution >= 0.6 is 0 Å². The normalized spacial score (nSPS) is 26.4. The first-order valence-electron chi connectivity index (χ1n) is 6.76. The maximum absolute atomic E-state index is 13.5. The third-order valence-corrected chi connectivity index (χ3v) is 13.6. The Morgan fingerprint density at radius 1 is 1.47 bits per heavy atom. The Hall–Kier alpha value is -0.312. The predicted molar refractivity (Wildman–Crippen MR) is 77.7 cm³/mol. The van der Waals surface area contributed by atoms with Gasteiger partial charge in [-0.2, -0.15) is 0 Å². The molecule has 1 heterocycles. The Morgan fingerprint density at radius 3 is 2.79 bits per heavy atom. The predicted octanol–water partition coefficient (Wildman–Crippen LogP) is 1.54. The Labute approximate surface area is 117 Å². The topological polar surface area (TPSA) is 44.3 Å². The standard InChI is InChI=1S/C12H15FN2O.2CH3.Sb/c13-10-2-4-11(5-3-10)14-9-15-12(8-16)6-1-7-12;;;/h2-4,9,14-16H,1,6-8H2;2*1H3;/q;;;+1. The molecule has 1 atom stereocenters. The van der Waals surface area contributed by atoms with Crippen LogP contribution in [0.15, 0.2) is 18.2 Å². The first kappa shape index (κ1) is 13.7. The van der Waals surface area contributed by atoms with E-state index in [1.54, 1.807) is 6.07 Å². The summed E-state index contributed by atoms with van der Waals surface area (Å²) in [6.45, 7) is 0.191. The molecule has 19 heavy (non-hydrogen) atoms. The first-order valence-corrected chi connectivity index (χ1v) is 14.6. The van der Waals surface area contributed by atoms with Crippen molar-refractivity contribution in [3.63, 3.8) is 0 Å². The number of hydrogen-bond donors (Lipinski definition) is 3. The second kappa shape index (κ2) is 4.61. The van der Waals surface area contributed by atoms with Crippen molar-refractivity contribution in [2.24, 2.45) is 0 Å². The average Bonchev–Trinajstić information content (AvgIpc) is 2.56. The van der Waals surface area contributed by atoms with Crippen molar-refractivity contribution in [3.8, 4) is 0 Å². The van der Waals surface area contributed by atoms with Gasteiger partial charge in [0, 0.05) is 0 Å². The molecule has 3 N–H and O–H groups in total. The third-order valence-electron chi connectivity index (χ3n) is 4.57. The minimum absolute atomic E-state index is 0.107. The van der Waals surface area contributed by atoms with Crippen LogP contribution in [0.2, 0.25) is 9.74 Å². The second-order valence-electron chi connectivity index (χ2n) is 6.18. The number of hydrogen-bond acceptors (Lipinski definition) is 3. The first-order chi connectivity index (χ1) is 8.97. The van der Waals surface area contributed by atoms with Crippen LogP contribution in [0.4, 0.5) is 10.1 Å². The summed E-state index contributed by atoms with van der Waals surface area (Å²) >= 11 is -2.51. The van der Waals surface area contributed by atoms with Crippen LogP contribution in [-0.2, 0) is 0 Å². The fraction of sp³-hybridized carbons (Fsp3) is 0.571. The molecule has 5 heteroatoms. The summed E-state index contributed by atoms with van der Waals surface area (Å²) in [5, 5.41) is 16.8. The van der Waals surface area contributed by atoms with Gasteiger partial charge in [0.1, 0.15) is 0 Å². The number of nitrogens with one attached hydrogen (secondary N) is 2. The Balaban J connectivity index is 1.86. The molecule has 0 saturated heterocycles. The van der Waals surface area contributed by atoms with E-state index in [-0.39, 0.29) is 22.1 Å². The van der Waals surface area contributed by atoms with E-state index in [0.29, 0.717) is 0 Å². The third kappa shape index (κ3) is 2.18. The average molecular weight is 374 g/mol. The Morgan fingerprint density at radius 2 is 2.21 bits per heavy atom. The van der Waals surface area contributed by atoms with Crippen molar-refractivity contribution in [1.29, 1.82) is 0 Å². The van der Waals surface area contributed by atoms with Crippen LogP contribution in [0.25, 0.3) is 0 Å². The number of aliphatic hydroxyl groups excluding tert-OH is 1. The fourth-order valence-corrected chi connectivity index (χ4v) is 10.3. The quantitative estimate of drug-likeness (QED) is 0.704. The van der Waals surface area contributed by atoms with Gasteiger partial charge in [-0.25, -0.2) is 0 Å². The van der Waals surface area contributed by atoms with Gasteiger partial charge in [-0.05, 0) is 0 Å². The van der Waals surface area contributed by atoms with Crippen molar-refractivity contribution >= 4 is 28.0 Å². The van der Waals surface area contributed by atoms with Gasteiger partial charge in [-0.3, -0.25) is 0 Å². The van der Waals surface area contributed by atoms with Crippen LogP contribution in [0.5, 0.6) is 0 Å². The van der Waals surface area contributed by atoms with E-state index in [1.165, 1.54) is 16.0 Å². The van der Waals surface area contributed by atoms with Gasteiger partial charge in [0.2, 0.25) is 0 Å². The van der Waals surface area contributed by atoms with Gasteiger partial charge >= 0.3 is 117 Å². The van der Waals surface area contributed by atoms with Crippen molar-refractivity contribution in [1.82, 2.24) is 5.32 Å². The van der Waals surface area contributed by atoms with Gasteiger partial charge < -0.3 is 0 Å². The van der Waals surface area contributed by atoms with Crippen molar-refractivity contribution < 1.29 is 9.50 Å². The van der Waals surface area contributed by atoms with Crippen molar-refractivity contribution in [2.75, 3.05) is 11.9 Å². The molecule has 1 aliphatic heterocycles. The number of rotatable bonds is 3. The molecule has 0 aromatic heterocycles. The Kier molecular flexibility index (Phi) is 3.31. The molecule has 3 rings (SSSR count). The summed E-state index contributed by atoms with van der Waals surface area (Å²) in [5.74, 6) is -0.149.